The standard InChI is InChI=1S/C11H14N4/c1-7-2-3-9-8(6-7)10(4-5-12)15-11(13)14-9/h2-3,6H,4-5,12H2,1H3,(H2,13,14,15). The fourth-order valence-electron chi connectivity index (χ4n) is 1.65. The lowest BCUT2D eigenvalue weighted by molar-refractivity contribution is 0.930. The summed E-state index contributed by atoms with van der Waals surface area (Å²) in [5.41, 5.74) is 14.2. The first-order valence-electron chi connectivity index (χ1n) is 4.93. The maximum Gasteiger partial charge on any atom is 0.220 e. The predicted octanol–water partition coefficient (Wildman–Crippen LogP) is 1.02. The van der Waals surface area contributed by atoms with Crippen LogP contribution in [0.1, 0.15) is 11.3 Å². The molecule has 0 unspecified atom stereocenters. The Morgan fingerprint density at radius 3 is 2.80 bits per heavy atom. The number of fused-ring (bicyclic) bond motifs is 1. The van der Waals surface area contributed by atoms with Crippen molar-refractivity contribution < 1.29 is 0 Å². The van der Waals surface area contributed by atoms with Gasteiger partial charge in [0.2, 0.25) is 5.95 Å². The summed E-state index contributed by atoms with van der Waals surface area (Å²) in [6, 6.07) is 6.05. The third kappa shape index (κ3) is 1.89. The summed E-state index contributed by atoms with van der Waals surface area (Å²) in [7, 11) is 0. The Morgan fingerprint density at radius 1 is 1.27 bits per heavy atom. The van der Waals surface area contributed by atoms with Crippen molar-refractivity contribution >= 4 is 16.9 Å². The molecular formula is C11H14N4. The zero-order valence-corrected chi connectivity index (χ0v) is 8.70. The molecule has 2 rings (SSSR count). The number of anilines is 1. The molecule has 0 aliphatic carbocycles. The normalized spacial score (nSPS) is 10.8. The monoisotopic (exact) mass is 202 g/mol. The van der Waals surface area contributed by atoms with Crippen molar-refractivity contribution in [3.05, 3.63) is 29.5 Å². The largest absolute Gasteiger partial charge is 0.368 e. The maximum atomic E-state index is 5.63. The summed E-state index contributed by atoms with van der Waals surface area (Å²) >= 11 is 0. The quantitative estimate of drug-likeness (QED) is 0.762. The van der Waals surface area contributed by atoms with E-state index in [-0.39, 0.29) is 0 Å². The van der Waals surface area contributed by atoms with Crippen molar-refractivity contribution in [1.82, 2.24) is 9.97 Å². The molecule has 15 heavy (non-hydrogen) atoms. The molecule has 4 N–H and O–H groups in total. The number of hydrogen-bond acceptors (Lipinski definition) is 4. The number of aromatic nitrogens is 2. The van der Waals surface area contributed by atoms with E-state index in [0.29, 0.717) is 12.5 Å². The van der Waals surface area contributed by atoms with E-state index in [1.54, 1.807) is 0 Å². The Hall–Kier alpha value is -1.68. The molecule has 0 bridgehead atoms. The van der Waals surface area contributed by atoms with Gasteiger partial charge in [0.1, 0.15) is 0 Å². The van der Waals surface area contributed by atoms with Gasteiger partial charge < -0.3 is 11.5 Å². The van der Waals surface area contributed by atoms with Crippen LogP contribution >= 0.6 is 0 Å². The average Bonchev–Trinajstić information content (AvgIpc) is 2.19. The van der Waals surface area contributed by atoms with Crippen molar-refractivity contribution in [2.75, 3.05) is 12.3 Å². The van der Waals surface area contributed by atoms with Gasteiger partial charge in [0.05, 0.1) is 11.2 Å². The van der Waals surface area contributed by atoms with Gasteiger partial charge in [-0.3, -0.25) is 0 Å². The molecule has 0 aliphatic heterocycles. The summed E-state index contributed by atoms with van der Waals surface area (Å²) in [6.07, 6.45) is 0.729. The molecule has 0 fully saturated rings. The molecule has 0 spiro atoms. The van der Waals surface area contributed by atoms with Gasteiger partial charge in [0.15, 0.2) is 0 Å². The van der Waals surface area contributed by atoms with E-state index in [0.717, 1.165) is 23.0 Å². The van der Waals surface area contributed by atoms with Crippen LogP contribution in [0, 0.1) is 6.92 Å². The molecule has 1 aromatic heterocycles. The molecule has 1 aromatic carbocycles. The highest BCUT2D eigenvalue weighted by Gasteiger charge is 2.05. The molecule has 0 aliphatic rings. The molecular weight excluding hydrogens is 188 g/mol. The second kappa shape index (κ2) is 3.82. The summed E-state index contributed by atoms with van der Waals surface area (Å²) in [5.74, 6) is 0.315. The first-order valence-corrected chi connectivity index (χ1v) is 4.93. The first-order chi connectivity index (χ1) is 7.20. The van der Waals surface area contributed by atoms with Crippen LogP contribution in [-0.4, -0.2) is 16.5 Å². The SMILES string of the molecule is Cc1ccc2nc(N)nc(CCN)c2c1. The van der Waals surface area contributed by atoms with E-state index in [9.17, 15) is 0 Å². The zero-order chi connectivity index (χ0) is 10.8. The summed E-state index contributed by atoms with van der Waals surface area (Å²) in [4.78, 5) is 8.40. The molecule has 0 amide bonds. The Morgan fingerprint density at radius 2 is 2.07 bits per heavy atom. The lowest BCUT2D eigenvalue weighted by Gasteiger charge is -2.06. The van der Waals surface area contributed by atoms with Gasteiger partial charge in [-0.2, -0.15) is 0 Å². The maximum absolute atomic E-state index is 5.63. The Labute approximate surface area is 88.3 Å². The van der Waals surface area contributed by atoms with Gasteiger partial charge in [0, 0.05) is 11.8 Å². The minimum atomic E-state index is 0.315. The third-order valence-electron chi connectivity index (χ3n) is 2.33. The molecule has 0 atom stereocenters. The molecule has 2 aromatic rings. The molecule has 78 valence electrons. The topological polar surface area (TPSA) is 77.8 Å². The molecule has 4 heteroatoms. The lowest BCUT2D eigenvalue weighted by Crippen LogP contribution is -2.07. The van der Waals surface area contributed by atoms with E-state index < -0.39 is 0 Å². The fourth-order valence-corrected chi connectivity index (χ4v) is 1.65. The molecule has 0 radical (unpaired) electrons. The van der Waals surface area contributed by atoms with E-state index in [1.165, 1.54) is 5.56 Å². The van der Waals surface area contributed by atoms with Crippen LogP contribution in [0.2, 0.25) is 0 Å². The number of benzene rings is 1. The van der Waals surface area contributed by atoms with Crippen LogP contribution in [0.15, 0.2) is 18.2 Å². The number of nitrogens with zero attached hydrogens (tertiary/aromatic N) is 2. The van der Waals surface area contributed by atoms with Gasteiger partial charge >= 0.3 is 0 Å². The van der Waals surface area contributed by atoms with Crippen LogP contribution < -0.4 is 11.5 Å². The van der Waals surface area contributed by atoms with Gasteiger partial charge in [-0.15, -0.1) is 0 Å². The van der Waals surface area contributed by atoms with Crippen molar-refractivity contribution in [1.29, 1.82) is 0 Å². The van der Waals surface area contributed by atoms with Gasteiger partial charge in [0.25, 0.3) is 0 Å². The van der Waals surface area contributed by atoms with E-state index in [1.807, 2.05) is 19.1 Å². The second-order valence-electron chi connectivity index (χ2n) is 3.59. The summed E-state index contributed by atoms with van der Waals surface area (Å²) in [6.45, 7) is 2.61. The molecule has 4 nitrogen and oxygen atoms in total. The number of hydrogen-bond donors (Lipinski definition) is 2. The number of rotatable bonds is 2. The van der Waals surface area contributed by atoms with E-state index in [4.69, 9.17) is 11.5 Å². The van der Waals surface area contributed by atoms with Gasteiger partial charge in [-0.1, -0.05) is 11.6 Å². The van der Waals surface area contributed by atoms with Gasteiger partial charge in [-0.25, -0.2) is 9.97 Å². The zero-order valence-electron chi connectivity index (χ0n) is 8.70. The van der Waals surface area contributed by atoms with Crippen molar-refractivity contribution in [2.45, 2.75) is 13.3 Å². The molecule has 0 saturated heterocycles. The Bertz CT molecular complexity index is 493. The summed E-state index contributed by atoms with van der Waals surface area (Å²) < 4.78 is 0. The smallest absolute Gasteiger partial charge is 0.220 e. The number of nitrogen functional groups attached to an aromatic ring is 1. The number of aryl methyl sites for hydroxylation is 1. The molecule has 1 heterocycles. The highest BCUT2D eigenvalue weighted by atomic mass is 15.0. The van der Waals surface area contributed by atoms with Crippen LogP contribution in [0.25, 0.3) is 10.9 Å². The fraction of sp³-hybridized carbons (Fsp3) is 0.273. The Balaban J connectivity index is 2.70. The Kier molecular flexibility index (Phi) is 2.51. The minimum Gasteiger partial charge on any atom is -0.368 e. The van der Waals surface area contributed by atoms with E-state index in [2.05, 4.69) is 16.0 Å². The predicted molar refractivity (Wildman–Crippen MR) is 61.4 cm³/mol. The highest BCUT2D eigenvalue weighted by molar-refractivity contribution is 5.82. The minimum absolute atomic E-state index is 0.315. The van der Waals surface area contributed by atoms with Crippen LogP contribution in [0.5, 0.6) is 0 Å². The third-order valence-corrected chi connectivity index (χ3v) is 2.33. The highest BCUT2D eigenvalue weighted by Crippen LogP contribution is 2.18. The van der Waals surface area contributed by atoms with Crippen molar-refractivity contribution in [3.8, 4) is 0 Å². The van der Waals surface area contributed by atoms with Crippen molar-refractivity contribution in [2.24, 2.45) is 5.73 Å². The van der Waals surface area contributed by atoms with Crippen molar-refractivity contribution in [3.63, 3.8) is 0 Å². The first kappa shape index (κ1) is 9.86. The average molecular weight is 202 g/mol. The van der Waals surface area contributed by atoms with Crippen LogP contribution in [0.4, 0.5) is 5.95 Å². The van der Waals surface area contributed by atoms with Crippen LogP contribution in [0.3, 0.4) is 0 Å². The summed E-state index contributed by atoms with van der Waals surface area (Å²) in [5, 5.41) is 1.05. The molecule has 0 saturated carbocycles. The second-order valence-corrected chi connectivity index (χ2v) is 3.59. The number of nitrogens with two attached hydrogens (primary N) is 2. The van der Waals surface area contributed by atoms with Gasteiger partial charge in [-0.05, 0) is 25.6 Å². The lowest BCUT2D eigenvalue weighted by atomic mass is 10.1. The van der Waals surface area contributed by atoms with E-state index >= 15 is 0 Å². The van der Waals surface area contributed by atoms with Crippen LogP contribution in [-0.2, 0) is 6.42 Å².